The molecule has 6 amide bonds. The molecule has 1 unspecified atom stereocenters. The Hall–Kier alpha value is -3.61. The molecule has 1 saturated heterocycles. The number of carbonyl (C=O) groups is 5. The molecule has 10 nitrogen and oxygen atoms in total. The number of thiazole rings is 1. The first-order valence-electron chi connectivity index (χ1n) is 11.3. The van der Waals surface area contributed by atoms with Gasteiger partial charge in [-0.1, -0.05) is 23.2 Å². The van der Waals surface area contributed by atoms with E-state index in [2.05, 4.69) is 20.9 Å². The number of anilines is 1. The Morgan fingerprint density at radius 2 is 1.84 bits per heavy atom. The SMILES string of the molecule is CC(C)(NC(=O)Nc1ccc2c(c1)C(=O)N(C1CCC(=O)NC1=O)C2=O)c1nc2c(Cl)cc(Cl)c(F)c2s1. The van der Waals surface area contributed by atoms with Gasteiger partial charge in [0.05, 0.1) is 31.4 Å². The van der Waals surface area contributed by atoms with E-state index in [0.29, 0.717) is 5.01 Å². The lowest BCUT2D eigenvalue weighted by atomic mass is 10.0. The summed E-state index contributed by atoms with van der Waals surface area (Å²) in [4.78, 5) is 67.6. The fourth-order valence-corrected chi connectivity index (χ4v) is 6.00. The summed E-state index contributed by atoms with van der Waals surface area (Å²) in [6, 6.07) is 3.67. The second-order valence-electron chi connectivity index (χ2n) is 9.26. The molecule has 0 saturated carbocycles. The summed E-state index contributed by atoms with van der Waals surface area (Å²) in [7, 11) is 0. The normalized spacial score (nSPS) is 17.6. The van der Waals surface area contributed by atoms with Crippen molar-refractivity contribution in [3.05, 3.63) is 56.3 Å². The van der Waals surface area contributed by atoms with E-state index in [1.54, 1.807) is 13.8 Å². The van der Waals surface area contributed by atoms with Gasteiger partial charge in [-0.25, -0.2) is 14.2 Å². The second kappa shape index (κ2) is 9.29. The molecule has 1 fully saturated rings. The maximum Gasteiger partial charge on any atom is 0.319 e. The molecule has 196 valence electrons. The van der Waals surface area contributed by atoms with E-state index in [-0.39, 0.29) is 49.9 Å². The molecule has 1 aromatic heterocycles. The van der Waals surface area contributed by atoms with Crippen molar-refractivity contribution in [3.63, 3.8) is 0 Å². The van der Waals surface area contributed by atoms with Gasteiger partial charge in [-0.05, 0) is 44.5 Å². The van der Waals surface area contributed by atoms with Crippen molar-refractivity contribution in [2.75, 3.05) is 5.32 Å². The quantitative estimate of drug-likeness (QED) is 0.314. The number of piperidine rings is 1. The number of carbonyl (C=O) groups excluding carboxylic acids is 5. The highest BCUT2D eigenvalue weighted by atomic mass is 35.5. The monoisotopic (exact) mass is 577 g/mol. The smallest absolute Gasteiger partial charge is 0.319 e. The molecule has 1 atom stereocenters. The van der Waals surface area contributed by atoms with E-state index in [4.69, 9.17) is 23.2 Å². The number of nitrogens with one attached hydrogen (secondary N) is 3. The number of hydrogen-bond acceptors (Lipinski definition) is 7. The molecule has 3 N–H and O–H groups in total. The number of benzene rings is 2. The first-order valence-corrected chi connectivity index (χ1v) is 12.8. The molecule has 38 heavy (non-hydrogen) atoms. The van der Waals surface area contributed by atoms with Crippen LogP contribution in [0.4, 0.5) is 14.9 Å². The van der Waals surface area contributed by atoms with Crippen LogP contribution in [0.5, 0.6) is 0 Å². The number of aromatic nitrogens is 1. The average molecular weight is 578 g/mol. The van der Waals surface area contributed by atoms with Crippen LogP contribution in [0.3, 0.4) is 0 Å². The number of nitrogens with zero attached hydrogens (tertiary/aromatic N) is 2. The van der Waals surface area contributed by atoms with Gasteiger partial charge >= 0.3 is 6.03 Å². The lowest BCUT2D eigenvalue weighted by molar-refractivity contribution is -0.136. The third-order valence-corrected chi connectivity index (χ3v) is 8.11. The van der Waals surface area contributed by atoms with E-state index in [0.717, 1.165) is 16.2 Å². The predicted molar refractivity (Wildman–Crippen MR) is 138 cm³/mol. The zero-order chi connectivity index (χ0) is 27.5. The summed E-state index contributed by atoms with van der Waals surface area (Å²) in [6.07, 6.45) is 0.0406. The van der Waals surface area contributed by atoms with Crippen LogP contribution in [-0.4, -0.2) is 45.6 Å². The van der Waals surface area contributed by atoms with Crippen LogP contribution >= 0.6 is 34.5 Å². The van der Waals surface area contributed by atoms with Gasteiger partial charge in [-0.2, -0.15) is 0 Å². The predicted octanol–water partition coefficient (Wildman–Crippen LogP) is 4.20. The van der Waals surface area contributed by atoms with E-state index < -0.39 is 47.1 Å². The van der Waals surface area contributed by atoms with E-state index >= 15 is 0 Å². The summed E-state index contributed by atoms with van der Waals surface area (Å²) >= 11 is 13.0. The van der Waals surface area contributed by atoms with Crippen LogP contribution in [0.15, 0.2) is 24.3 Å². The average Bonchev–Trinajstić information content (AvgIpc) is 3.39. The third-order valence-electron chi connectivity index (χ3n) is 6.17. The Kier molecular flexibility index (Phi) is 6.36. The van der Waals surface area contributed by atoms with Crippen molar-refractivity contribution in [1.82, 2.24) is 20.5 Å². The minimum Gasteiger partial charge on any atom is -0.326 e. The van der Waals surface area contributed by atoms with Crippen LogP contribution < -0.4 is 16.0 Å². The van der Waals surface area contributed by atoms with Crippen molar-refractivity contribution < 1.29 is 28.4 Å². The molecule has 0 radical (unpaired) electrons. The van der Waals surface area contributed by atoms with E-state index in [1.807, 2.05) is 0 Å². The lowest BCUT2D eigenvalue weighted by Crippen LogP contribution is -2.54. The molecule has 5 rings (SSSR count). The van der Waals surface area contributed by atoms with Gasteiger partial charge in [0.1, 0.15) is 16.6 Å². The highest BCUT2D eigenvalue weighted by molar-refractivity contribution is 7.18. The van der Waals surface area contributed by atoms with Crippen molar-refractivity contribution >= 4 is 80.1 Å². The molecule has 0 spiro atoms. The number of halogens is 3. The van der Waals surface area contributed by atoms with Crippen molar-refractivity contribution in [1.29, 1.82) is 0 Å². The third kappa shape index (κ3) is 4.38. The van der Waals surface area contributed by atoms with Crippen LogP contribution in [0.25, 0.3) is 10.2 Å². The molecular formula is C24H18Cl2FN5O5S. The van der Waals surface area contributed by atoms with Gasteiger partial charge in [0.25, 0.3) is 11.8 Å². The summed E-state index contributed by atoms with van der Waals surface area (Å²) < 4.78 is 14.6. The highest BCUT2D eigenvalue weighted by Crippen LogP contribution is 2.38. The molecule has 2 aliphatic rings. The molecule has 2 aliphatic heterocycles. The minimum absolute atomic E-state index is 0.00706. The van der Waals surface area contributed by atoms with E-state index in [1.165, 1.54) is 24.3 Å². The zero-order valence-corrected chi connectivity index (χ0v) is 22.1. The minimum atomic E-state index is -1.09. The number of amides is 6. The van der Waals surface area contributed by atoms with E-state index in [9.17, 15) is 28.4 Å². The molecule has 3 aromatic rings. The van der Waals surface area contributed by atoms with Crippen LogP contribution in [0, 0.1) is 5.82 Å². The summed E-state index contributed by atoms with van der Waals surface area (Å²) in [5, 5.41) is 7.91. The van der Waals surface area contributed by atoms with Crippen LogP contribution in [0.2, 0.25) is 10.0 Å². The Morgan fingerprint density at radius 1 is 1.13 bits per heavy atom. The number of rotatable bonds is 4. The first kappa shape index (κ1) is 26.0. The molecule has 2 aromatic carbocycles. The maximum absolute atomic E-state index is 14.5. The van der Waals surface area contributed by atoms with Gasteiger partial charge in [0.2, 0.25) is 11.8 Å². The van der Waals surface area contributed by atoms with Crippen molar-refractivity contribution in [2.45, 2.75) is 38.3 Å². The second-order valence-corrected chi connectivity index (χ2v) is 11.1. The Balaban J connectivity index is 1.33. The van der Waals surface area contributed by atoms with Gasteiger partial charge in [-0.15, -0.1) is 11.3 Å². The van der Waals surface area contributed by atoms with Crippen LogP contribution in [-0.2, 0) is 15.1 Å². The fourth-order valence-electron chi connectivity index (χ4n) is 4.30. The molecule has 14 heteroatoms. The van der Waals surface area contributed by atoms with Gasteiger partial charge in [0.15, 0.2) is 5.82 Å². The Morgan fingerprint density at radius 3 is 2.55 bits per heavy atom. The molecular weight excluding hydrogens is 560 g/mol. The van der Waals surface area contributed by atoms with Gasteiger partial charge in [0, 0.05) is 12.1 Å². The number of imide groups is 2. The number of hydrogen-bond donors (Lipinski definition) is 3. The Bertz CT molecular complexity index is 1590. The van der Waals surface area contributed by atoms with Gasteiger partial charge < -0.3 is 10.6 Å². The summed E-state index contributed by atoms with van der Waals surface area (Å²) in [6.45, 7) is 3.33. The standard InChI is InChI=1S/C24H18Cl2FN5O5S/c1-24(2,22-30-17-13(26)8-12(25)16(27)18(17)38-22)31-23(37)28-9-3-4-10-11(7-9)21(36)32(20(10)35)14-5-6-15(33)29-19(14)34/h3-4,7-8,14H,5-6H2,1-2H3,(H2,28,31,37)(H,29,33,34). The molecule has 3 heterocycles. The lowest BCUT2D eigenvalue weighted by Gasteiger charge is -2.27. The zero-order valence-electron chi connectivity index (χ0n) is 19.8. The summed E-state index contributed by atoms with van der Waals surface area (Å²) in [5.41, 5.74) is -0.510. The first-order chi connectivity index (χ1) is 17.9. The molecule has 0 bridgehead atoms. The highest BCUT2D eigenvalue weighted by Gasteiger charge is 2.44. The largest absolute Gasteiger partial charge is 0.326 e. The summed E-state index contributed by atoms with van der Waals surface area (Å²) in [5.74, 6) is -3.19. The molecule has 0 aliphatic carbocycles. The Labute approximate surface area is 228 Å². The number of urea groups is 1. The van der Waals surface area contributed by atoms with Crippen molar-refractivity contribution in [3.8, 4) is 0 Å². The van der Waals surface area contributed by atoms with Gasteiger partial charge in [-0.3, -0.25) is 29.4 Å². The maximum atomic E-state index is 14.5. The number of fused-ring (bicyclic) bond motifs is 2. The van der Waals surface area contributed by atoms with Crippen molar-refractivity contribution in [2.24, 2.45) is 0 Å². The fraction of sp³-hybridized carbons (Fsp3) is 0.250. The topological polar surface area (TPSA) is 138 Å². The van der Waals surface area contributed by atoms with Crippen LogP contribution in [0.1, 0.15) is 52.4 Å².